The summed E-state index contributed by atoms with van der Waals surface area (Å²) in [7, 11) is 0. The summed E-state index contributed by atoms with van der Waals surface area (Å²) in [5.41, 5.74) is 0. The molecule has 1 aliphatic rings. The molecule has 0 saturated carbocycles. The van der Waals surface area contributed by atoms with Crippen LogP contribution in [-0.2, 0) is 4.84 Å². The lowest BCUT2D eigenvalue weighted by Gasteiger charge is -2.14. The summed E-state index contributed by atoms with van der Waals surface area (Å²) in [5, 5.41) is 1.97. The molecule has 0 amide bonds. The second kappa shape index (κ2) is 5.44. The monoisotopic (exact) mass is 189 g/mol. The highest BCUT2D eigenvalue weighted by molar-refractivity contribution is 6.19. The lowest BCUT2D eigenvalue weighted by Crippen LogP contribution is -2.20. The summed E-state index contributed by atoms with van der Waals surface area (Å²) < 4.78 is 0. The second-order valence-electron chi connectivity index (χ2n) is 2.99. The molecule has 2 nitrogen and oxygen atoms in total. The normalized spacial score (nSPS) is 17.7. The van der Waals surface area contributed by atoms with Crippen molar-refractivity contribution in [1.82, 2.24) is 5.06 Å². The fourth-order valence-corrected chi connectivity index (χ4v) is 1.36. The van der Waals surface area contributed by atoms with Crippen molar-refractivity contribution in [2.75, 3.05) is 19.0 Å². The molecule has 12 heavy (non-hydrogen) atoms. The zero-order valence-electron chi connectivity index (χ0n) is 7.55. The summed E-state index contributed by atoms with van der Waals surface area (Å²) in [6, 6.07) is 0. The zero-order chi connectivity index (χ0) is 8.81. The number of hydroxylamine groups is 2. The van der Waals surface area contributed by atoms with Crippen molar-refractivity contribution in [2.45, 2.75) is 26.2 Å². The molecule has 1 aliphatic heterocycles. The zero-order valence-corrected chi connectivity index (χ0v) is 8.31. The minimum absolute atomic E-state index is 0.490. The lowest BCUT2D eigenvalue weighted by atomic mass is 10.2. The van der Waals surface area contributed by atoms with Gasteiger partial charge in [-0.1, -0.05) is 19.8 Å². The highest BCUT2D eigenvalue weighted by Crippen LogP contribution is 2.13. The van der Waals surface area contributed by atoms with Crippen molar-refractivity contribution in [2.24, 2.45) is 0 Å². The van der Waals surface area contributed by atoms with Crippen molar-refractivity contribution in [3.05, 3.63) is 11.8 Å². The Kier molecular flexibility index (Phi) is 4.48. The minimum atomic E-state index is 0.490. The minimum Gasteiger partial charge on any atom is -0.409 e. The third-order valence-electron chi connectivity index (χ3n) is 1.91. The molecule has 0 aromatic carbocycles. The van der Waals surface area contributed by atoms with Crippen LogP contribution >= 0.6 is 11.6 Å². The largest absolute Gasteiger partial charge is 0.409 e. The van der Waals surface area contributed by atoms with Gasteiger partial charge in [-0.2, -0.15) is 0 Å². The van der Waals surface area contributed by atoms with Gasteiger partial charge in [0.2, 0.25) is 0 Å². The first kappa shape index (κ1) is 9.87. The van der Waals surface area contributed by atoms with Crippen LogP contribution in [0, 0.1) is 0 Å². The van der Waals surface area contributed by atoms with Crippen LogP contribution in [0.3, 0.4) is 0 Å². The summed E-state index contributed by atoms with van der Waals surface area (Å²) >= 11 is 5.61. The molecule has 1 rings (SSSR count). The molecule has 70 valence electrons. The fourth-order valence-electron chi connectivity index (χ4n) is 1.20. The van der Waals surface area contributed by atoms with Gasteiger partial charge in [0.15, 0.2) is 0 Å². The van der Waals surface area contributed by atoms with E-state index in [1.54, 1.807) is 0 Å². The Morgan fingerprint density at radius 1 is 1.58 bits per heavy atom. The van der Waals surface area contributed by atoms with Crippen LogP contribution < -0.4 is 0 Å². The van der Waals surface area contributed by atoms with Crippen LogP contribution in [0.15, 0.2) is 11.8 Å². The summed E-state index contributed by atoms with van der Waals surface area (Å²) in [6.07, 6.45) is 5.78. The summed E-state index contributed by atoms with van der Waals surface area (Å²) in [4.78, 5) is 5.42. The van der Waals surface area contributed by atoms with Crippen molar-refractivity contribution in [3.8, 4) is 0 Å². The van der Waals surface area contributed by atoms with Crippen molar-refractivity contribution in [3.63, 3.8) is 0 Å². The van der Waals surface area contributed by atoms with E-state index in [9.17, 15) is 0 Å². The summed E-state index contributed by atoms with van der Waals surface area (Å²) in [6.45, 7) is 4.11. The molecule has 0 fully saturated rings. The highest BCUT2D eigenvalue weighted by Gasteiger charge is 2.13. The number of alkyl halides is 1. The van der Waals surface area contributed by atoms with E-state index in [4.69, 9.17) is 16.4 Å². The molecule has 0 aliphatic carbocycles. The number of unbranched alkanes of at least 4 members (excludes halogenated alkanes) is 2. The number of halogens is 1. The third kappa shape index (κ3) is 3.03. The van der Waals surface area contributed by atoms with E-state index in [1.807, 2.05) is 11.1 Å². The predicted octanol–water partition coefficient (Wildman–Crippen LogP) is 2.55. The Morgan fingerprint density at radius 3 is 3.00 bits per heavy atom. The molecule has 0 saturated heterocycles. The van der Waals surface area contributed by atoms with E-state index < -0.39 is 0 Å². The first-order valence-electron chi connectivity index (χ1n) is 4.54. The SMILES string of the molecule is CCCCCN1CC=C(CCl)O1. The maximum Gasteiger partial charge on any atom is 0.136 e. The average Bonchev–Trinajstić information content (AvgIpc) is 2.53. The van der Waals surface area contributed by atoms with Gasteiger partial charge in [-0.05, 0) is 12.5 Å². The number of allylic oxidation sites excluding steroid dienone is 1. The first-order valence-corrected chi connectivity index (χ1v) is 5.08. The molecule has 0 bridgehead atoms. The Balaban J connectivity index is 2.06. The number of nitrogens with zero attached hydrogens (tertiary/aromatic N) is 1. The molecule has 0 aromatic heterocycles. The molecular weight excluding hydrogens is 174 g/mol. The molecule has 0 N–H and O–H groups in total. The van der Waals surface area contributed by atoms with Gasteiger partial charge < -0.3 is 4.84 Å². The Morgan fingerprint density at radius 2 is 2.42 bits per heavy atom. The number of hydrogen-bond donors (Lipinski definition) is 0. The van der Waals surface area contributed by atoms with E-state index in [0.717, 1.165) is 18.8 Å². The Bertz CT molecular complexity index is 159. The number of rotatable bonds is 5. The van der Waals surface area contributed by atoms with E-state index in [0.29, 0.717) is 5.88 Å². The standard InChI is InChI=1S/C9H16ClNO/c1-2-3-4-6-11-7-5-9(8-10)12-11/h5H,2-4,6-8H2,1H3. The van der Waals surface area contributed by atoms with Crippen LogP contribution in [0.2, 0.25) is 0 Å². The van der Waals surface area contributed by atoms with E-state index in [2.05, 4.69) is 6.92 Å². The first-order chi connectivity index (χ1) is 5.86. The Hall–Kier alpha value is -0.210. The molecule has 0 spiro atoms. The van der Waals surface area contributed by atoms with Crippen molar-refractivity contribution < 1.29 is 4.84 Å². The van der Waals surface area contributed by atoms with Gasteiger partial charge in [0.1, 0.15) is 5.76 Å². The lowest BCUT2D eigenvalue weighted by molar-refractivity contribution is -0.0902. The highest BCUT2D eigenvalue weighted by atomic mass is 35.5. The maximum atomic E-state index is 5.61. The molecule has 1 heterocycles. The van der Waals surface area contributed by atoms with Gasteiger partial charge in [-0.3, -0.25) is 0 Å². The van der Waals surface area contributed by atoms with Crippen molar-refractivity contribution in [1.29, 1.82) is 0 Å². The van der Waals surface area contributed by atoms with E-state index >= 15 is 0 Å². The van der Waals surface area contributed by atoms with Crippen LogP contribution in [0.25, 0.3) is 0 Å². The van der Waals surface area contributed by atoms with Crippen LogP contribution in [0.4, 0.5) is 0 Å². The van der Waals surface area contributed by atoms with Gasteiger partial charge in [0.05, 0.1) is 12.4 Å². The smallest absolute Gasteiger partial charge is 0.136 e. The van der Waals surface area contributed by atoms with E-state index in [1.165, 1.54) is 19.3 Å². The summed E-state index contributed by atoms with van der Waals surface area (Å²) in [5.74, 6) is 1.39. The third-order valence-corrected chi connectivity index (χ3v) is 2.18. The van der Waals surface area contributed by atoms with Gasteiger partial charge in [-0.15, -0.1) is 16.7 Å². The molecule has 0 aromatic rings. The van der Waals surface area contributed by atoms with Gasteiger partial charge in [0.25, 0.3) is 0 Å². The average molecular weight is 190 g/mol. The van der Waals surface area contributed by atoms with E-state index in [-0.39, 0.29) is 0 Å². The van der Waals surface area contributed by atoms with Crippen LogP contribution in [-0.4, -0.2) is 24.0 Å². The Labute approximate surface area is 79.1 Å². The predicted molar refractivity (Wildman–Crippen MR) is 51.0 cm³/mol. The van der Waals surface area contributed by atoms with Gasteiger partial charge in [0, 0.05) is 6.54 Å². The van der Waals surface area contributed by atoms with Crippen LogP contribution in [0.5, 0.6) is 0 Å². The van der Waals surface area contributed by atoms with Gasteiger partial charge in [-0.25, -0.2) is 0 Å². The number of hydrogen-bond acceptors (Lipinski definition) is 2. The molecule has 0 unspecified atom stereocenters. The molecular formula is C9H16ClNO. The fraction of sp³-hybridized carbons (Fsp3) is 0.778. The quantitative estimate of drug-likeness (QED) is 0.487. The molecule has 0 atom stereocenters. The second-order valence-corrected chi connectivity index (χ2v) is 3.26. The molecule has 0 radical (unpaired) electrons. The van der Waals surface area contributed by atoms with Crippen molar-refractivity contribution >= 4 is 11.6 Å². The maximum absolute atomic E-state index is 5.61. The van der Waals surface area contributed by atoms with Crippen LogP contribution in [0.1, 0.15) is 26.2 Å². The topological polar surface area (TPSA) is 12.5 Å². The van der Waals surface area contributed by atoms with Gasteiger partial charge >= 0.3 is 0 Å². The molecule has 3 heteroatoms.